The van der Waals surface area contributed by atoms with Gasteiger partial charge in [-0.2, -0.15) is 0 Å². The number of benzene rings is 5. The number of hydrogen-bond acceptors (Lipinski definition) is 5. The van der Waals surface area contributed by atoms with Crippen LogP contribution in [0.25, 0.3) is 44.5 Å². The van der Waals surface area contributed by atoms with Crippen molar-refractivity contribution >= 4 is 0 Å². The Kier molecular flexibility index (Phi) is 9.30. The van der Waals surface area contributed by atoms with Crippen molar-refractivity contribution < 1.29 is 25.5 Å². The number of aryl methyl sites for hydroxylation is 1. The third-order valence-electron chi connectivity index (χ3n) is 12.6. The number of rotatable bonds is 4. The van der Waals surface area contributed by atoms with Gasteiger partial charge in [0, 0.05) is 22.3 Å². The van der Waals surface area contributed by atoms with E-state index < -0.39 is 0 Å². The lowest BCUT2D eigenvalue weighted by molar-refractivity contribution is 0.463. The van der Waals surface area contributed by atoms with Crippen LogP contribution in [0.1, 0.15) is 89.0 Å². The van der Waals surface area contributed by atoms with Crippen molar-refractivity contribution in [2.45, 2.75) is 111 Å². The summed E-state index contributed by atoms with van der Waals surface area (Å²) < 4.78 is 0. The number of phenols is 5. The number of hydrogen-bond donors (Lipinski definition) is 5. The van der Waals surface area contributed by atoms with Gasteiger partial charge in [-0.05, 0) is 228 Å². The van der Waals surface area contributed by atoms with Crippen LogP contribution in [0.5, 0.6) is 28.7 Å². The molecule has 5 aromatic rings. The van der Waals surface area contributed by atoms with E-state index in [1.165, 1.54) is 0 Å². The van der Waals surface area contributed by atoms with Crippen molar-refractivity contribution in [1.29, 1.82) is 0 Å². The minimum absolute atomic E-state index is 0.112. The van der Waals surface area contributed by atoms with E-state index in [0.29, 0.717) is 33.4 Å². The van der Waals surface area contributed by atoms with E-state index in [1.807, 2.05) is 111 Å². The van der Waals surface area contributed by atoms with Gasteiger partial charge < -0.3 is 25.5 Å². The molecule has 0 aliphatic heterocycles. The second-order valence-electron chi connectivity index (χ2n) is 15.0. The standard InChI is InChI=1S/C46H54O5/c1-18-17-34(47)21(4)23(6)35(18)36-24(7)28(11)45(50)41(31(36)14)42-33(16)38(26(9)30(13)46(42)51)37-25(8)29(12)44(49)40(32(37)15)39-22(5)19(2)20(3)27(10)43(39)48/h17,47-51H,1-16H3. The summed E-state index contributed by atoms with van der Waals surface area (Å²) in [6.45, 7) is 31.6. The molecule has 0 aliphatic rings. The minimum atomic E-state index is 0.112. The molecule has 268 valence electrons. The Labute approximate surface area is 303 Å². The smallest absolute Gasteiger partial charge is 0.127 e. The second-order valence-corrected chi connectivity index (χ2v) is 15.0. The highest BCUT2D eigenvalue weighted by atomic mass is 16.3. The highest BCUT2D eigenvalue weighted by Gasteiger charge is 2.31. The lowest BCUT2D eigenvalue weighted by atomic mass is 9.76. The minimum Gasteiger partial charge on any atom is -0.508 e. The van der Waals surface area contributed by atoms with Crippen LogP contribution < -0.4 is 0 Å². The monoisotopic (exact) mass is 686 g/mol. The van der Waals surface area contributed by atoms with Crippen molar-refractivity contribution in [1.82, 2.24) is 0 Å². The van der Waals surface area contributed by atoms with E-state index in [0.717, 1.165) is 100 Å². The summed E-state index contributed by atoms with van der Waals surface area (Å²) in [5.74, 6) is 0.789. The van der Waals surface area contributed by atoms with Crippen molar-refractivity contribution in [3.05, 3.63) is 95.1 Å². The predicted octanol–water partition coefficient (Wildman–Crippen LogP) is 11.8. The van der Waals surface area contributed by atoms with Gasteiger partial charge in [-0.1, -0.05) is 0 Å². The first-order valence-electron chi connectivity index (χ1n) is 17.7. The molecule has 5 heteroatoms. The molecule has 5 rings (SSSR count). The summed E-state index contributed by atoms with van der Waals surface area (Å²) in [7, 11) is 0. The average molecular weight is 687 g/mol. The largest absolute Gasteiger partial charge is 0.508 e. The Morgan fingerprint density at radius 1 is 0.235 bits per heavy atom. The zero-order valence-electron chi connectivity index (χ0n) is 33.3. The third kappa shape index (κ3) is 5.19. The molecular weight excluding hydrogens is 633 g/mol. The van der Waals surface area contributed by atoms with Gasteiger partial charge in [0.1, 0.15) is 28.7 Å². The summed E-state index contributed by atoms with van der Waals surface area (Å²) >= 11 is 0. The zero-order chi connectivity index (χ0) is 38.5. The topological polar surface area (TPSA) is 101 Å². The average Bonchev–Trinajstić information content (AvgIpc) is 3.08. The predicted molar refractivity (Wildman–Crippen MR) is 212 cm³/mol. The van der Waals surface area contributed by atoms with Crippen LogP contribution in [0.2, 0.25) is 0 Å². The summed E-state index contributed by atoms with van der Waals surface area (Å²) in [5.41, 5.74) is 20.0. The first kappa shape index (κ1) is 37.4. The molecule has 0 bridgehead atoms. The molecular formula is C46H54O5. The lowest BCUT2D eigenvalue weighted by Crippen LogP contribution is -2.06. The summed E-state index contributed by atoms with van der Waals surface area (Å²) in [6, 6.07) is 1.79. The molecule has 0 saturated carbocycles. The Balaban J connectivity index is 1.98. The maximum atomic E-state index is 12.1. The van der Waals surface area contributed by atoms with E-state index >= 15 is 0 Å². The van der Waals surface area contributed by atoms with Crippen LogP contribution in [0, 0.1) is 111 Å². The van der Waals surface area contributed by atoms with Gasteiger partial charge in [-0.25, -0.2) is 0 Å². The molecule has 5 N–H and O–H groups in total. The molecule has 5 aromatic carbocycles. The van der Waals surface area contributed by atoms with Crippen LogP contribution in [0.15, 0.2) is 6.07 Å². The normalized spacial score (nSPS) is 11.5. The van der Waals surface area contributed by atoms with Crippen molar-refractivity contribution in [3.8, 4) is 73.3 Å². The fourth-order valence-electron chi connectivity index (χ4n) is 8.50. The first-order chi connectivity index (χ1) is 23.6. The van der Waals surface area contributed by atoms with Crippen LogP contribution in [-0.2, 0) is 0 Å². The maximum Gasteiger partial charge on any atom is 0.127 e. The van der Waals surface area contributed by atoms with Crippen molar-refractivity contribution in [3.63, 3.8) is 0 Å². The summed E-state index contributed by atoms with van der Waals surface area (Å²) in [5, 5.41) is 58.1. The molecule has 0 unspecified atom stereocenters. The summed E-state index contributed by atoms with van der Waals surface area (Å²) in [6.07, 6.45) is 0. The fraction of sp³-hybridized carbons (Fsp3) is 0.348. The zero-order valence-corrected chi connectivity index (χ0v) is 33.3. The Morgan fingerprint density at radius 3 is 0.824 bits per heavy atom. The Bertz CT molecular complexity index is 2320. The molecule has 0 radical (unpaired) electrons. The van der Waals surface area contributed by atoms with E-state index in [1.54, 1.807) is 6.07 Å². The van der Waals surface area contributed by atoms with Gasteiger partial charge in [-0.3, -0.25) is 0 Å². The van der Waals surface area contributed by atoms with Crippen molar-refractivity contribution in [2.75, 3.05) is 0 Å². The second kappa shape index (κ2) is 12.7. The van der Waals surface area contributed by atoms with Gasteiger partial charge in [0.25, 0.3) is 0 Å². The first-order valence-corrected chi connectivity index (χ1v) is 17.7. The van der Waals surface area contributed by atoms with Gasteiger partial charge >= 0.3 is 0 Å². The Morgan fingerprint density at radius 2 is 0.471 bits per heavy atom. The molecule has 51 heavy (non-hydrogen) atoms. The van der Waals surface area contributed by atoms with E-state index in [2.05, 4.69) is 0 Å². The van der Waals surface area contributed by atoms with Gasteiger partial charge in [0.05, 0.1) is 0 Å². The van der Waals surface area contributed by atoms with Crippen LogP contribution in [0.4, 0.5) is 0 Å². The Hall–Kier alpha value is -4.90. The SMILES string of the molecule is Cc1cc(O)c(C)c(C)c1-c1c(C)c(C)c(O)c(-c2c(C)c(-c3c(C)c(C)c(O)c(-c4c(C)c(C)c(C)c(C)c4O)c3C)c(C)c(C)c2O)c1C. The fourth-order valence-corrected chi connectivity index (χ4v) is 8.50. The lowest BCUT2D eigenvalue weighted by Gasteiger charge is -2.28. The van der Waals surface area contributed by atoms with Gasteiger partial charge in [0.2, 0.25) is 0 Å². The number of phenolic OH excluding ortho intramolecular Hbond substituents is 5. The highest BCUT2D eigenvalue weighted by molar-refractivity contribution is 5.98. The van der Waals surface area contributed by atoms with Crippen LogP contribution in [0.3, 0.4) is 0 Å². The molecule has 0 aromatic heterocycles. The molecule has 5 nitrogen and oxygen atoms in total. The molecule has 0 atom stereocenters. The number of aromatic hydroxyl groups is 5. The van der Waals surface area contributed by atoms with E-state index in [9.17, 15) is 25.5 Å². The molecule has 0 saturated heterocycles. The molecule has 0 aliphatic carbocycles. The van der Waals surface area contributed by atoms with Gasteiger partial charge in [0.15, 0.2) is 0 Å². The third-order valence-corrected chi connectivity index (χ3v) is 12.6. The molecule has 0 fully saturated rings. The van der Waals surface area contributed by atoms with Crippen LogP contribution in [-0.4, -0.2) is 25.5 Å². The van der Waals surface area contributed by atoms with Crippen molar-refractivity contribution in [2.24, 2.45) is 0 Å². The van der Waals surface area contributed by atoms with E-state index in [4.69, 9.17) is 0 Å². The maximum absolute atomic E-state index is 12.1. The van der Waals surface area contributed by atoms with Gasteiger partial charge in [-0.15, -0.1) is 0 Å². The quantitative estimate of drug-likeness (QED) is 0.130. The molecule has 0 spiro atoms. The highest BCUT2D eigenvalue weighted by Crippen LogP contribution is 2.55. The van der Waals surface area contributed by atoms with E-state index in [-0.39, 0.29) is 28.7 Å². The van der Waals surface area contributed by atoms with Crippen LogP contribution >= 0.6 is 0 Å². The summed E-state index contributed by atoms with van der Waals surface area (Å²) in [4.78, 5) is 0. The molecule has 0 amide bonds. The molecule has 0 heterocycles.